The zero-order chi connectivity index (χ0) is 18.5. The third-order valence-electron chi connectivity index (χ3n) is 3.95. The molecule has 0 atom stereocenters. The maximum Gasteiger partial charge on any atom is 0.267 e. The fraction of sp³-hybridized carbons (Fsp3) is 0.389. The Hall–Kier alpha value is -2.29. The molecule has 0 aliphatic carbocycles. The predicted octanol–water partition coefficient (Wildman–Crippen LogP) is 2.49. The molecule has 0 saturated carbocycles. The first-order chi connectivity index (χ1) is 12.5. The largest absolute Gasteiger partial charge is 0.379 e. The first-order valence-electron chi connectivity index (χ1n) is 8.46. The summed E-state index contributed by atoms with van der Waals surface area (Å²) in [6, 6.07) is 7.07. The van der Waals surface area contributed by atoms with Gasteiger partial charge in [0.15, 0.2) is 0 Å². The number of amides is 2. The van der Waals surface area contributed by atoms with E-state index in [1.165, 1.54) is 18.3 Å². The molecule has 2 heterocycles. The van der Waals surface area contributed by atoms with Gasteiger partial charge in [-0.15, -0.1) is 11.3 Å². The Morgan fingerprint density at radius 1 is 1.23 bits per heavy atom. The van der Waals surface area contributed by atoms with E-state index in [1.54, 1.807) is 24.3 Å². The number of anilines is 2. The number of nitrogens with one attached hydrogen (secondary N) is 2. The van der Waals surface area contributed by atoms with E-state index in [4.69, 9.17) is 4.74 Å². The summed E-state index contributed by atoms with van der Waals surface area (Å²) in [5, 5.41) is 6.51. The number of morpholine rings is 1. The van der Waals surface area contributed by atoms with Crippen molar-refractivity contribution in [3.8, 4) is 0 Å². The van der Waals surface area contributed by atoms with E-state index in [-0.39, 0.29) is 11.8 Å². The molecule has 1 fully saturated rings. The molecule has 1 aliphatic heterocycles. The number of hydrogen-bond donors (Lipinski definition) is 2. The van der Waals surface area contributed by atoms with Crippen molar-refractivity contribution in [1.82, 2.24) is 9.88 Å². The van der Waals surface area contributed by atoms with Gasteiger partial charge in [0, 0.05) is 31.4 Å². The van der Waals surface area contributed by atoms with Crippen molar-refractivity contribution in [2.75, 3.05) is 36.9 Å². The molecule has 26 heavy (non-hydrogen) atoms. The molecule has 2 amide bonds. The number of aromatic nitrogens is 1. The minimum Gasteiger partial charge on any atom is -0.379 e. The average molecular weight is 374 g/mol. The Labute approximate surface area is 156 Å². The number of benzene rings is 1. The lowest BCUT2D eigenvalue weighted by molar-refractivity contribution is -0.114. The smallest absolute Gasteiger partial charge is 0.267 e. The van der Waals surface area contributed by atoms with Crippen LogP contribution in [-0.2, 0) is 16.1 Å². The van der Waals surface area contributed by atoms with E-state index in [2.05, 4.69) is 20.5 Å². The van der Waals surface area contributed by atoms with Crippen LogP contribution in [0.1, 0.15) is 27.3 Å². The summed E-state index contributed by atoms with van der Waals surface area (Å²) in [5.41, 5.74) is 2.00. The third-order valence-corrected chi connectivity index (χ3v) is 5.09. The Morgan fingerprint density at radius 3 is 2.62 bits per heavy atom. The van der Waals surface area contributed by atoms with Crippen LogP contribution in [0.25, 0.3) is 0 Å². The third kappa shape index (κ3) is 4.87. The number of carbonyl (C=O) groups is 2. The second-order valence-electron chi connectivity index (χ2n) is 6.13. The second kappa shape index (κ2) is 8.39. The van der Waals surface area contributed by atoms with E-state index >= 15 is 0 Å². The van der Waals surface area contributed by atoms with Gasteiger partial charge in [-0.25, -0.2) is 4.98 Å². The maximum atomic E-state index is 12.6. The minimum absolute atomic E-state index is 0.153. The van der Waals surface area contributed by atoms with E-state index in [9.17, 15) is 9.59 Å². The quantitative estimate of drug-likeness (QED) is 0.840. The number of ether oxygens (including phenoxy) is 1. The Morgan fingerprint density at radius 2 is 1.92 bits per heavy atom. The number of hydrogen-bond acceptors (Lipinski definition) is 6. The van der Waals surface area contributed by atoms with Crippen molar-refractivity contribution in [3.63, 3.8) is 0 Å². The lowest BCUT2D eigenvalue weighted by atomic mass is 10.2. The first kappa shape index (κ1) is 18.5. The monoisotopic (exact) mass is 374 g/mol. The minimum atomic E-state index is -0.187. The molecule has 8 heteroatoms. The summed E-state index contributed by atoms with van der Waals surface area (Å²) in [6.45, 7) is 7.28. The summed E-state index contributed by atoms with van der Waals surface area (Å²) in [7, 11) is 0. The molecule has 0 bridgehead atoms. The summed E-state index contributed by atoms with van der Waals surface area (Å²) < 4.78 is 5.36. The number of aryl methyl sites for hydroxylation is 1. The van der Waals surface area contributed by atoms with Gasteiger partial charge < -0.3 is 15.4 Å². The van der Waals surface area contributed by atoms with Crippen LogP contribution in [0.15, 0.2) is 24.3 Å². The first-order valence-corrected chi connectivity index (χ1v) is 9.28. The van der Waals surface area contributed by atoms with E-state index in [1.807, 2.05) is 6.92 Å². The van der Waals surface area contributed by atoms with Gasteiger partial charge in [-0.05, 0) is 25.1 Å². The Kier molecular flexibility index (Phi) is 5.97. The normalized spacial score (nSPS) is 14.8. The standard InChI is InChI=1S/C18H22N4O3S/c1-12-17(26-16(19-12)11-22-6-8-25-9-7-22)18(24)21-15-5-3-4-14(10-15)20-13(2)23/h3-5,10H,6-9,11H2,1-2H3,(H,20,23)(H,21,24). The number of rotatable bonds is 5. The zero-order valence-electron chi connectivity index (χ0n) is 14.9. The van der Waals surface area contributed by atoms with Crippen LogP contribution in [-0.4, -0.2) is 48.0 Å². The van der Waals surface area contributed by atoms with Crippen LogP contribution in [0.2, 0.25) is 0 Å². The molecule has 138 valence electrons. The van der Waals surface area contributed by atoms with Crippen LogP contribution < -0.4 is 10.6 Å². The van der Waals surface area contributed by atoms with Crippen LogP contribution in [0.4, 0.5) is 11.4 Å². The van der Waals surface area contributed by atoms with Gasteiger partial charge in [-0.3, -0.25) is 14.5 Å². The molecular formula is C18H22N4O3S. The van der Waals surface area contributed by atoms with E-state index in [0.717, 1.165) is 43.5 Å². The maximum absolute atomic E-state index is 12.6. The highest BCUT2D eigenvalue weighted by Crippen LogP contribution is 2.22. The van der Waals surface area contributed by atoms with Crippen molar-refractivity contribution >= 4 is 34.5 Å². The van der Waals surface area contributed by atoms with Gasteiger partial charge in [-0.2, -0.15) is 0 Å². The average Bonchev–Trinajstić information content (AvgIpc) is 2.96. The van der Waals surface area contributed by atoms with Crippen molar-refractivity contribution in [3.05, 3.63) is 39.8 Å². The van der Waals surface area contributed by atoms with Gasteiger partial charge in [0.05, 0.1) is 25.5 Å². The Balaban J connectivity index is 1.67. The van der Waals surface area contributed by atoms with Gasteiger partial charge >= 0.3 is 0 Å². The highest BCUT2D eigenvalue weighted by molar-refractivity contribution is 7.13. The fourth-order valence-electron chi connectivity index (χ4n) is 2.75. The van der Waals surface area contributed by atoms with E-state index in [0.29, 0.717) is 16.3 Å². The van der Waals surface area contributed by atoms with Gasteiger partial charge in [0.25, 0.3) is 5.91 Å². The zero-order valence-corrected chi connectivity index (χ0v) is 15.7. The molecule has 0 spiro atoms. The van der Waals surface area contributed by atoms with Crippen LogP contribution >= 0.6 is 11.3 Å². The van der Waals surface area contributed by atoms with Crippen molar-refractivity contribution in [1.29, 1.82) is 0 Å². The molecule has 1 aliphatic rings. The topological polar surface area (TPSA) is 83.6 Å². The highest BCUT2D eigenvalue weighted by atomic mass is 32.1. The molecule has 0 radical (unpaired) electrons. The highest BCUT2D eigenvalue weighted by Gasteiger charge is 2.18. The summed E-state index contributed by atoms with van der Waals surface area (Å²) in [4.78, 5) is 31.2. The SMILES string of the molecule is CC(=O)Nc1cccc(NC(=O)c2sc(CN3CCOCC3)nc2C)c1. The van der Waals surface area contributed by atoms with Gasteiger partial charge in [0.2, 0.25) is 5.91 Å². The molecule has 1 saturated heterocycles. The van der Waals surface area contributed by atoms with E-state index < -0.39 is 0 Å². The van der Waals surface area contributed by atoms with Crippen LogP contribution in [0.3, 0.4) is 0 Å². The summed E-state index contributed by atoms with van der Waals surface area (Å²) in [5.74, 6) is -0.340. The Bertz CT molecular complexity index is 799. The molecule has 7 nitrogen and oxygen atoms in total. The fourth-order valence-corrected chi connectivity index (χ4v) is 3.75. The van der Waals surface area contributed by atoms with Crippen LogP contribution in [0, 0.1) is 6.92 Å². The van der Waals surface area contributed by atoms with Crippen molar-refractivity contribution < 1.29 is 14.3 Å². The second-order valence-corrected chi connectivity index (χ2v) is 7.21. The lowest BCUT2D eigenvalue weighted by Crippen LogP contribution is -2.35. The number of nitrogens with zero attached hydrogens (tertiary/aromatic N) is 2. The lowest BCUT2D eigenvalue weighted by Gasteiger charge is -2.25. The van der Waals surface area contributed by atoms with Gasteiger partial charge in [-0.1, -0.05) is 6.07 Å². The molecule has 2 N–H and O–H groups in total. The molecule has 0 unspecified atom stereocenters. The van der Waals surface area contributed by atoms with Crippen LogP contribution in [0.5, 0.6) is 0 Å². The summed E-state index contributed by atoms with van der Waals surface area (Å²) >= 11 is 1.42. The number of carbonyl (C=O) groups excluding carboxylic acids is 2. The van der Waals surface area contributed by atoms with Gasteiger partial charge in [0.1, 0.15) is 9.88 Å². The molecule has 1 aromatic carbocycles. The van der Waals surface area contributed by atoms with Crippen molar-refractivity contribution in [2.24, 2.45) is 0 Å². The van der Waals surface area contributed by atoms with Crippen molar-refractivity contribution in [2.45, 2.75) is 20.4 Å². The summed E-state index contributed by atoms with van der Waals surface area (Å²) in [6.07, 6.45) is 0. The molecule has 1 aromatic heterocycles. The number of thiazole rings is 1. The predicted molar refractivity (Wildman–Crippen MR) is 102 cm³/mol. The molecule has 3 rings (SSSR count). The molecule has 2 aromatic rings. The molecular weight excluding hydrogens is 352 g/mol.